The molecule has 1 aliphatic rings. The van der Waals surface area contributed by atoms with E-state index in [0.29, 0.717) is 11.9 Å². The predicted molar refractivity (Wildman–Crippen MR) is 85.6 cm³/mol. The summed E-state index contributed by atoms with van der Waals surface area (Å²) in [5, 5.41) is 2.85. The lowest BCUT2D eigenvalue weighted by atomic mass is 10.0. The lowest BCUT2D eigenvalue weighted by Crippen LogP contribution is -2.44. The van der Waals surface area contributed by atoms with Crippen molar-refractivity contribution in [3.05, 3.63) is 34.7 Å². The normalized spacial score (nSPS) is 20.7. The number of para-hydroxylation sites is 2. The molecule has 0 unspecified atom stereocenters. The molecule has 0 bridgehead atoms. The average molecular weight is 316 g/mol. The van der Waals surface area contributed by atoms with Gasteiger partial charge in [0.25, 0.3) is 0 Å². The number of carbonyl (C=O) groups excluding carboxylic acids is 2. The Morgan fingerprint density at radius 3 is 2.65 bits per heavy atom. The van der Waals surface area contributed by atoms with Gasteiger partial charge < -0.3 is 11.1 Å². The van der Waals surface area contributed by atoms with Crippen molar-refractivity contribution in [3.63, 3.8) is 0 Å². The summed E-state index contributed by atoms with van der Waals surface area (Å²) in [6.07, 6.45) is 2.31. The summed E-state index contributed by atoms with van der Waals surface area (Å²) in [6, 6.07) is 7.10. The maximum Gasteiger partial charge on any atom is 0.329 e. The van der Waals surface area contributed by atoms with Crippen LogP contribution in [0.3, 0.4) is 0 Å². The van der Waals surface area contributed by atoms with Crippen molar-refractivity contribution in [3.8, 4) is 0 Å². The number of nitrogens with one attached hydrogen (secondary N) is 1. The van der Waals surface area contributed by atoms with Crippen LogP contribution in [0.4, 0.5) is 0 Å². The number of hydrogen-bond donors (Lipinski definition) is 2. The summed E-state index contributed by atoms with van der Waals surface area (Å²) in [7, 11) is 1.68. The zero-order valence-electron chi connectivity index (χ0n) is 13.0. The average Bonchev–Trinajstić information content (AvgIpc) is 3.07. The fraction of sp³-hybridized carbons (Fsp3) is 0.438. The maximum absolute atomic E-state index is 12.3. The van der Waals surface area contributed by atoms with E-state index in [2.05, 4.69) is 5.32 Å². The monoisotopic (exact) mass is 316 g/mol. The highest BCUT2D eigenvalue weighted by Gasteiger charge is 2.32. The topological polar surface area (TPSA) is 99.1 Å². The van der Waals surface area contributed by atoms with Crippen LogP contribution < -0.4 is 16.7 Å². The number of rotatable bonds is 4. The molecular formula is C16H20N4O3. The van der Waals surface area contributed by atoms with E-state index in [9.17, 15) is 14.4 Å². The van der Waals surface area contributed by atoms with Crippen molar-refractivity contribution in [2.45, 2.75) is 31.8 Å². The number of amides is 2. The first kappa shape index (κ1) is 15.3. The van der Waals surface area contributed by atoms with Crippen LogP contribution in [0.15, 0.2) is 29.1 Å². The summed E-state index contributed by atoms with van der Waals surface area (Å²) in [5.41, 5.74) is 6.63. The van der Waals surface area contributed by atoms with Gasteiger partial charge in [-0.2, -0.15) is 0 Å². The molecule has 2 atom stereocenters. The summed E-state index contributed by atoms with van der Waals surface area (Å²) in [6.45, 7) is -0.0673. The Hall–Kier alpha value is -2.57. The number of primary amides is 1. The van der Waals surface area contributed by atoms with Crippen molar-refractivity contribution in [1.82, 2.24) is 14.5 Å². The van der Waals surface area contributed by atoms with E-state index < -0.39 is 0 Å². The van der Waals surface area contributed by atoms with Crippen LogP contribution in [0.2, 0.25) is 0 Å². The molecule has 2 aromatic rings. The molecule has 7 nitrogen and oxygen atoms in total. The number of hydrogen-bond acceptors (Lipinski definition) is 3. The first-order valence-electron chi connectivity index (χ1n) is 7.72. The Kier molecular flexibility index (Phi) is 3.94. The standard InChI is InChI=1S/C16H20N4O3/c1-19-12-7-2-3-8-13(12)20(16(19)23)9-14(21)18-11-6-4-5-10(11)15(17)22/h2-3,7-8,10-11H,4-6,9H2,1H3,(H2,17,22)(H,18,21)/t10-,11-/m0/s1. The molecule has 122 valence electrons. The van der Waals surface area contributed by atoms with Gasteiger partial charge in [-0.05, 0) is 25.0 Å². The molecule has 7 heteroatoms. The van der Waals surface area contributed by atoms with Gasteiger partial charge in [0.1, 0.15) is 6.54 Å². The molecule has 0 aliphatic heterocycles. The van der Waals surface area contributed by atoms with Gasteiger partial charge >= 0.3 is 5.69 Å². The van der Waals surface area contributed by atoms with Crippen LogP contribution in [0, 0.1) is 5.92 Å². The molecule has 3 N–H and O–H groups in total. The molecule has 0 radical (unpaired) electrons. The van der Waals surface area contributed by atoms with Gasteiger partial charge in [-0.25, -0.2) is 4.79 Å². The Bertz CT molecular complexity index is 820. The third kappa shape index (κ3) is 2.74. The van der Waals surface area contributed by atoms with Gasteiger partial charge in [-0.3, -0.25) is 18.7 Å². The molecule has 1 heterocycles. The highest BCUT2D eigenvalue weighted by molar-refractivity contribution is 5.82. The van der Waals surface area contributed by atoms with Crippen molar-refractivity contribution in [1.29, 1.82) is 0 Å². The summed E-state index contributed by atoms with van der Waals surface area (Å²) in [5.74, 6) is -0.972. The second-order valence-corrected chi connectivity index (χ2v) is 6.03. The molecule has 1 aromatic heterocycles. The van der Waals surface area contributed by atoms with Crippen LogP contribution >= 0.6 is 0 Å². The third-order valence-corrected chi connectivity index (χ3v) is 4.58. The molecular weight excluding hydrogens is 296 g/mol. The predicted octanol–water partition coefficient (Wildman–Crippen LogP) is 0.110. The summed E-state index contributed by atoms with van der Waals surface area (Å²) in [4.78, 5) is 36.0. The van der Waals surface area contributed by atoms with E-state index in [-0.39, 0.29) is 36.0 Å². The second kappa shape index (κ2) is 5.91. The number of benzene rings is 1. The summed E-state index contributed by atoms with van der Waals surface area (Å²) < 4.78 is 2.96. The smallest absolute Gasteiger partial charge is 0.329 e. The maximum atomic E-state index is 12.3. The molecule has 1 aliphatic carbocycles. The highest BCUT2D eigenvalue weighted by atomic mass is 16.2. The molecule has 1 saturated carbocycles. The van der Waals surface area contributed by atoms with Gasteiger partial charge in [-0.1, -0.05) is 18.6 Å². The lowest BCUT2D eigenvalue weighted by molar-refractivity contribution is -0.124. The van der Waals surface area contributed by atoms with Gasteiger partial charge in [-0.15, -0.1) is 0 Å². The zero-order chi connectivity index (χ0) is 16.6. The minimum atomic E-state index is -0.380. The van der Waals surface area contributed by atoms with E-state index in [1.54, 1.807) is 7.05 Å². The number of nitrogens with zero attached hydrogens (tertiary/aromatic N) is 2. The number of aryl methyl sites for hydroxylation is 1. The van der Waals surface area contributed by atoms with Crippen LogP contribution in [0.5, 0.6) is 0 Å². The zero-order valence-corrected chi connectivity index (χ0v) is 13.0. The van der Waals surface area contributed by atoms with E-state index in [4.69, 9.17) is 5.73 Å². The van der Waals surface area contributed by atoms with Crippen molar-refractivity contribution in [2.24, 2.45) is 18.7 Å². The second-order valence-electron chi connectivity index (χ2n) is 6.03. The fourth-order valence-electron chi connectivity index (χ4n) is 3.39. The number of fused-ring (bicyclic) bond motifs is 1. The van der Waals surface area contributed by atoms with Gasteiger partial charge in [0.15, 0.2) is 0 Å². The SMILES string of the molecule is Cn1c(=O)n(CC(=O)N[C@H]2CCC[C@@H]2C(N)=O)c2ccccc21. The molecule has 3 rings (SSSR count). The third-order valence-electron chi connectivity index (χ3n) is 4.58. The Labute approximate surface area is 133 Å². The largest absolute Gasteiger partial charge is 0.369 e. The van der Waals surface area contributed by atoms with Crippen LogP contribution in [-0.2, 0) is 23.2 Å². The highest BCUT2D eigenvalue weighted by Crippen LogP contribution is 2.25. The molecule has 0 saturated heterocycles. The molecule has 1 fully saturated rings. The van der Waals surface area contributed by atoms with Gasteiger partial charge in [0.05, 0.1) is 17.0 Å². The van der Waals surface area contributed by atoms with Crippen LogP contribution in [-0.4, -0.2) is 27.0 Å². The van der Waals surface area contributed by atoms with Gasteiger partial charge in [0, 0.05) is 13.1 Å². The van der Waals surface area contributed by atoms with Crippen molar-refractivity contribution >= 4 is 22.8 Å². The first-order chi connectivity index (χ1) is 11.0. The van der Waals surface area contributed by atoms with E-state index in [1.807, 2.05) is 24.3 Å². The molecule has 2 amide bonds. The minimum absolute atomic E-state index is 0.0673. The quantitative estimate of drug-likeness (QED) is 0.837. The fourth-order valence-corrected chi connectivity index (χ4v) is 3.39. The number of nitrogens with two attached hydrogens (primary N) is 1. The molecule has 0 spiro atoms. The van der Waals surface area contributed by atoms with E-state index >= 15 is 0 Å². The lowest BCUT2D eigenvalue weighted by Gasteiger charge is -2.18. The Morgan fingerprint density at radius 2 is 1.96 bits per heavy atom. The van der Waals surface area contributed by atoms with Crippen LogP contribution in [0.25, 0.3) is 11.0 Å². The van der Waals surface area contributed by atoms with Gasteiger partial charge in [0.2, 0.25) is 11.8 Å². The molecule has 1 aromatic carbocycles. The van der Waals surface area contributed by atoms with Crippen molar-refractivity contribution in [2.75, 3.05) is 0 Å². The Balaban J connectivity index is 1.80. The Morgan fingerprint density at radius 1 is 1.26 bits per heavy atom. The molecule has 23 heavy (non-hydrogen) atoms. The van der Waals surface area contributed by atoms with Crippen molar-refractivity contribution < 1.29 is 9.59 Å². The van der Waals surface area contributed by atoms with E-state index in [0.717, 1.165) is 18.4 Å². The van der Waals surface area contributed by atoms with E-state index in [1.165, 1.54) is 9.13 Å². The number of aromatic nitrogens is 2. The number of carbonyl (C=O) groups is 2. The van der Waals surface area contributed by atoms with Crippen LogP contribution in [0.1, 0.15) is 19.3 Å². The minimum Gasteiger partial charge on any atom is -0.369 e. The summed E-state index contributed by atoms with van der Waals surface area (Å²) >= 11 is 0. The number of imidazole rings is 1. The first-order valence-corrected chi connectivity index (χ1v) is 7.72.